The summed E-state index contributed by atoms with van der Waals surface area (Å²) in [6, 6.07) is 0. The van der Waals surface area contributed by atoms with E-state index in [1.54, 1.807) is 13.0 Å². The predicted molar refractivity (Wildman–Crippen MR) is 92.3 cm³/mol. The van der Waals surface area contributed by atoms with Gasteiger partial charge in [0, 0.05) is 29.7 Å². The minimum atomic E-state index is -2.99. The van der Waals surface area contributed by atoms with Crippen molar-refractivity contribution in [3.05, 3.63) is 22.3 Å². The summed E-state index contributed by atoms with van der Waals surface area (Å²) in [5.74, 6) is -1.31. The van der Waals surface area contributed by atoms with Crippen LogP contribution in [0.4, 0.5) is 0 Å². The number of nitrogens with zero attached hydrogens (tertiary/aromatic N) is 1. The van der Waals surface area contributed by atoms with Crippen LogP contribution in [0, 0.1) is 5.41 Å². The first-order valence-electron chi connectivity index (χ1n) is 7.84. The Morgan fingerprint density at radius 1 is 1.29 bits per heavy atom. The van der Waals surface area contributed by atoms with E-state index < -0.39 is 30.3 Å². The van der Waals surface area contributed by atoms with Crippen molar-refractivity contribution in [1.82, 2.24) is 4.67 Å². The largest absolute Gasteiger partial charge is 0.466 e. The summed E-state index contributed by atoms with van der Waals surface area (Å²) >= 11 is 6.41. The van der Waals surface area contributed by atoms with E-state index in [2.05, 4.69) is 0 Å². The SMILES string of the molecule is CCN(CC)P1(=O)C[C@@]2(C)C(Cl)=C[C@H]1C(C(=O)OC)=C2C(=O)OC. The quantitative estimate of drug-likeness (QED) is 0.543. The van der Waals surface area contributed by atoms with Crippen LogP contribution in [-0.2, 0) is 23.6 Å². The number of hydrogen-bond acceptors (Lipinski definition) is 5. The molecule has 3 aliphatic rings. The van der Waals surface area contributed by atoms with Crippen LogP contribution in [0.15, 0.2) is 22.3 Å². The fourth-order valence-electron chi connectivity index (χ4n) is 3.74. The first kappa shape index (κ1) is 19.2. The lowest BCUT2D eigenvalue weighted by Gasteiger charge is -2.50. The molecule has 0 spiro atoms. The predicted octanol–water partition coefficient (Wildman–Crippen LogP) is 2.77. The van der Waals surface area contributed by atoms with Crippen molar-refractivity contribution < 1.29 is 23.6 Å². The number of carbonyl (C=O) groups is 2. The van der Waals surface area contributed by atoms with Gasteiger partial charge in [0.05, 0.1) is 31.0 Å². The molecule has 24 heavy (non-hydrogen) atoms. The lowest BCUT2D eigenvalue weighted by molar-refractivity contribution is -0.140. The van der Waals surface area contributed by atoms with Crippen molar-refractivity contribution in [1.29, 1.82) is 0 Å². The molecule has 0 aromatic heterocycles. The molecule has 0 radical (unpaired) electrons. The van der Waals surface area contributed by atoms with Crippen molar-refractivity contribution in [2.45, 2.75) is 26.4 Å². The average Bonchev–Trinajstić information content (AvgIpc) is 2.55. The van der Waals surface area contributed by atoms with Crippen LogP contribution < -0.4 is 0 Å². The number of esters is 2. The molecule has 1 unspecified atom stereocenters. The molecule has 2 aliphatic heterocycles. The second kappa shape index (κ2) is 6.66. The normalized spacial score (nSPS) is 32.0. The van der Waals surface area contributed by atoms with Gasteiger partial charge in [-0.25, -0.2) is 9.59 Å². The van der Waals surface area contributed by atoms with Gasteiger partial charge in [0.1, 0.15) is 0 Å². The number of allylic oxidation sites excluding steroid dienone is 2. The van der Waals surface area contributed by atoms with Crippen molar-refractivity contribution in [2.75, 3.05) is 33.5 Å². The molecule has 2 bridgehead atoms. The second-order valence-electron chi connectivity index (χ2n) is 6.12. The van der Waals surface area contributed by atoms with Gasteiger partial charge >= 0.3 is 11.9 Å². The summed E-state index contributed by atoms with van der Waals surface area (Å²) in [6.07, 6.45) is 1.84. The van der Waals surface area contributed by atoms with Gasteiger partial charge in [-0.2, -0.15) is 0 Å². The summed E-state index contributed by atoms with van der Waals surface area (Å²) in [4.78, 5) is 24.8. The molecule has 2 heterocycles. The number of ether oxygens (including phenoxy) is 2. The van der Waals surface area contributed by atoms with Crippen molar-refractivity contribution in [2.24, 2.45) is 5.41 Å². The summed E-state index contributed by atoms with van der Waals surface area (Å²) in [5, 5.41) is 0.416. The summed E-state index contributed by atoms with van der Waals surface area (Å²) in [7, 11) is -0.505. The van der Waals surface area contributed by atoms with Crippen molar-refractivity contribution in [3.63, 3.8) is 0 Å². The molecule has 6 nitrogen and oxygen atoms in total. The standard InChI is InChI=1S/C16H23ClNO5P/c1-6-18(7-2)24(21)9-16(3)11(17)8-10(24)12(14(19)22-4)13(16)15(20)23-5/h8,10H,6-7,9H2,1-5H3/t10-,16-,24?/m0/s1. The van der Waals surface area contributed by atoms with Crippen LogP contribution in [0.3, 0.4) is 0 Å². The van der Waals surface area contributed by atoms with Gasteiger partial charge < -0.3 is 14.0 Å². The molecule has 134 valence electrons. The second-order valence-corrected chi connectivity index (χ2v) is 9.47. The summed E-state index contributed by atoms with van der Waals surface area (Å²) < 4.78 is 25.5. The fourth-order valence-corrected chi connectivity index (χ4v) is 8.17. The average molecular weight is 376 g/mol. The first-order chi connectivity index (χ1) is 11.2. The Morgan fingerprint density at radius 2 is 1.83 bits per heavy atom. The van der Waals surface area contributed by atoms with E-state index in [9.17, 15) is 14.2 Å². The summed E-state index contributed by atoms with van der Waals surface area (Å²) in [6.45, 7) is 6.72. The highest BCUT2D eigenvalue weighted by atomic mass is 35.5. The topological polar surface area (TPSA) is 72.9 Å². The number of methoxy groups -OCH3 is 2. The monoisotopic (exact) mass is 375 g/mol. The van der Waals surface area contributed by atoms with Crippen LogP contribution in [0.1, 0.15) is 20.8 Å². The Bertz CT molecular complexity index is 682. The molecule has 1 aliphatic carbocycles. The van der Waals surface area contributed by atoms with Gasteiger partial charge in [-0.3, -0.25) is 4.67 Å². The fraction of sp³-hybridized carbons (Fsp3) is 0.625. The third-order valence-electron chi connectivity index (χ3n) is 4.93. The number of halogens is 1. The minimum absolute atomic E-state index is 0.109. The van der Waals surface area contributed by atoms with Gasteiger partial charge in [-0.1, -0.05) is 31.5 Å². The van der Waals surface area contributed by atoms with Crippen LogP contribution in [0.2, 0.25) is 0 Å². The number of rotatable bonds is 5. The lowest BCUT2D eigenvalue weighted by atomic mass is 9.75. The lowest BCUT2D eigenvalue weighted by Crippen LogP contribution is -2.48. The Kier molecular flexibility index (Phi) is 5.34. The Balaban J connectivity index is 2.78. The summed E-state index contributed by atoms with van der Waals surface area (Å²) in [5.41, 5.74) is -1.51. The van der Waals surface area contributed by atoms with E-state index in [0.29, 0.717) is 18.1 Å². The minimum Gasteiger partial charge on any atom is -0.466 e. The van der Waals surface area contributed by atoms with E-state index >= 15 is 0 Å². The molecule has 0 saturated carbocycles. The van der Waals surface area contributed by atoms with Crippen molar-refractivity contribution in [3.8, 4) is 0 Å². The molecule has 0 fully saturated rings. The van der Waals surface area contributed by atoms with Gasteiger partial charge in [-0.15, -0.1) is 0 Å². The molecule has 8 heteroatoms. The highest BCUT2D eigenvalue weighted by molar-refractivity contribution is 7.63. The highest BCUT2D eigenvalue weighted by Gasteiger charge is 2.60. The zero-order valence-corrected chi connectivity index (χ0v) is 16.2. The molecule has 3 atom stereocenters. The maximum Gasteiger partial charge on any atom is 0.335 e. The van der Waals surface area contributed by atoms with Crippen LogP contribution in [0.5, 0.6) is 0 Å². The van der Waals surface area contributed by atoms with Gasteiger partial charge in [0.2, 0.25) is 0 Å². The molecule has 0 aromatic carbocycles. The molecule has 0 amide bonds. The van der Waals surface area contributed by atoms with E-state index in [1.165, 1.54) is 14.2 Å². The molecular weight excluding hydrogens is 353 g/mol. The molecule has 0 aromatic rings. The third-order valence-corrected chi connectivity index (χ3v) is 9.36. The van der Waals surface area contributed by atoms with Crippen LogP contribution in [0.25, 0.3) is 0 Å². The van der Waals surface area contributed by atoms with Crippen LogP contribution >= 0.6 is 18.9 Å². The van der Waals surface area contributed by atoms with Crippen molar-refractivity contribution >= 4 is 30.8 Å². The zero-order chi connectivity index (χ0) is 18.3. The Hall–Kier alpha value is -1.10. The number of fused-ring (bicyclic) bond motifs is 1. The number of carbonyl (C=O) groups excluding carboxylic acids is 2. The molecule has 0 saturated heterocycles. The van der Waals surface area contributed by atoms with Gasteiger partial charge in [0.25, 0.3) is 0 Å². The Morgan fingerprint density at radius 3 is 2.29 bits per heavy atom. The van der Waals surface area contributed by atoms with Gasteiger partial charge in [0.15, 0.2) is 7.29 Å². The molecular formula is C16H23ClNO5P. The first-order valence-corrected chi connectivity index (χ1v) is 10.1. The zero-order valence-electron chi connectivity index (χ0n) is 14.6. The molecule has 0 N–H and O–H groups in total. The van der Waals surface area contributed by atoms with E-state index in [0.717, 1.165) is 0 Å². The number of hydrogen-bond donors (Lipinski definition) is 0. The third kappa shape index (κ3) is 2.56. The van der Waals surface area contributed by atoms with E-state index in [4.69, 9.17) is 21.1 Å². The molecule has 3 rings (SSSR count). The van der Waals surface area contributed by atoms with Crippen LogP contribution in [-0.4, -0.2) is 55.7 Å². The maximum absolute atomic E-state index is 13.9. The van der Waals surface area contributed by atoms with E-state index in [1.807, 2.05) is 18.5 Å². The van der Waals surface area contributed by atoms with Gasteiger partial charge in [-0.05, 0) is 6.92 Å². The smallest absolute Gasteiger partial charge is 0.335 e. The highest BCUT2D eigenvalue weighted by Crippen LogP contribution is 2.70. The van der Waals surface area contributed by atoms with E-state index in [-0.39, 0.29) is 17.3 Å². The Labute approximate surface area is 147 Å². The maximum atomic E-state index is 13.9.